The molecule has 22 heavy (non-hydrogen) atoms. The Bertz CT molecular complexity index is 618. The molecule has 1 fully saturated rings. The monoisotopic (exact) mass is 300 g/mol. The number of anilines is 1. The Kier molecular flexibility index (Phi) is 4.43. The minimum Gasteiger partial charge on any atom is -0.370 e. The lowest BCUT2D eigenvalue weighted by molar-refractivity contribution is 0.315. The van der Waals surface area contributed by atoms with Gasteiger partial charge in [0.05, 0.1) is 5.69 Å². The molecule has 0 aliphatic carbocycles. The van der Waals surface area contributed by atoms with Gasteiger partial charge in [0, 0.05) is 31.4 Å². The van der Waals surface area contributed by atoms with E-state index < -0.39 is 0 Å². The summed E-state index contributed by atoms with van der Waals surface area (Å²) >= 11 is 0. The molecule has 3 heterocycles. The molecule has 0 aromatic carbocycles. The van der Waals surface area contributed by atoms with Crippen molar-refractivity contribution in [2.45, 2.75) is 33.7 Å². The van der Waals surface area contributed by atoms with Crippen LogP contribution >= 0.6 is 0 Å². The molecule has 3 rings (SSSR count). The smallest absolute Gasteiger partial charge is 0.138 e. The van der Waals surface area contributed by atoms with E-state index in [-0.39, 0.29) is 0 Å². The van der Waals surface area contributed by atoms with Crippen molar-refractivity contribution in [3.8, 4) is 0 Å². The molecule has 2 aromatic heterocycles. The van der Waals surface area contributed by atoms with Gasteiger partial charge in [-0.3, -0.25) is 4.90 Å². The van der Waals surface area contributed by atoms with Crippen molar-refractivity contribution in [3.63, 3.8) is 0 Å². The summed E-state index contributed by atoms with van der Waals surface area (Å²) in [5.74, 6) is 2.59. The highest BCUT2D eigenvalue weighted by Crippen LogP contribution is 2.22. The molecular weight excluding hydrogens is 276 g/mol. The van der Waals surface area contributed by atoms with Gasteiger partial charge >= 0.3 is 0 Å². The number of hydrogen-bond acceptors (Lipinski definition) is 5. The number of rotatable bonds is 5. The summed E-state index contributed by atoms with van der Waals surface area (Å²) in [7, 11) is 0. The molecule has 0 saturated carbocycles. The van der Waals surface area contributed by atoms with Crippen LogP contribution in [-0.4, -0.2) is 34.7 Å². The second kappa shape index (κ2) is 6.48. The average molecular weight is 300 g/mol. The molecule has 0 amide bonds. The average Bonchev–Trinajstić information content (AvgIpc) is 3.07. The zero-order valence-electron chi connectivity index (χ0n) is 13.6. The van der Waals surface area contributed by atoms with E-state index in [0.29, 0.717) is 5.92 Å². The van der Waals surface area contributed by atoms with Crippen molar-refractivity contribution >= 4 is 5.82 Å². The summed E-state index contributed by atoms with van der Waals surface area (Å²) < 4.78 is 5.25. The normalized spacial score (nSPS) is 18.8. The van der Waals surface area contributed by atoms with Crippen molar-refractivity contribution in [3.05, 3.63) is 40.9 Å². The number of nitrogens with zero attached hydrogens (tertiary/aromatic N) is 3. The fourth-order valence-electron chi connectivity index (χ4n) is 3.06. The Labute approximate surface area is 131 Å². The van der Waals surface area contributed by atoms with Crippen molar-refractivity contribution in [2.24, 2.45) is 5.92 Å². The van der Waals surface area contributed by atoms with Gasteiger partial charge in [-0.05, 0) is 57.4 Å². The molecule has 1 atom stereocenters. The lowest BCUT2D eigenvalue weighted by atomic mass is 10.1. The fraction of sp³-hybridized carbons (Fsp3) is 0.529. The molecule has 1 aliphatic rings. The zero-order valence-corrected chi connectivity index (χ0v) is 13.6. The maximum atomic E-state index is 5.25. The van der Waals surface area contributed by atoms with E-state index in [1.165, 1.54) is 17.5 Å². The van der Waals surface area contributed by atoms with Gasteiger partial charge in [-0.25, -0.2) is 4.98 Å². The minimum atomic E-state index is 0.669. The summed E-state index contributed by atoms with van der Waals surface area (Å²) in [5.41, 5.74) is 3.50. The van der Waals surface area contributed by atoms with Gasteiger partial charge in [0.1, 0.15) is 11.6 Å². The molecular formula is C17H24N4O. The fourth-order valence-corrected chi connectivity index (χ4v) is 3.06. The van der Waals surface area contributed by atoms with Crippen LogP contribution in [0.5, 0.6) is 0 Å². The molecule has 0 radical (unpaired) electrons. The number of likely N-dealkylation sites (tertiary alicyclic amines) is 1. The topological polar surface area (TPSA) is 54.2 Å². The summed E-state index contributed by atoms with van der Waals surface area (Å²) in [6.45, 7) is 10.3. The highest BCUT2D eigenvalue weighted by atomic mass is 16.5. The predicted octanol–water partition coefficient (Wildman–Crippen LogP) is 2.93. The van der Waals surface area contributed by atoms with E-state index in [0.717, 1.165) is 43.5 Å². The molecule has 0 spiro atoms. The van der Waals surface area contributed by atoms with Crippen LogP contribution in [0.15, 0.2) is 22.9 Å². The third-order valence-electron chi connectivity index (χ3n) is 4.42. The molecule has 0 bridgehead atoms. The van der Waals surface area contributed by atoms with Gasteiger partial charge in [0.2, 0.25) is 0 Å². The Morgan fingerprint density at radius 3 is 2.95 bits per heavy atom. The molecule has 118 valence electrons. The number of nitrogens with one attached hydrogen (secondary N) is 1. The van der Waals surface area contributed by atoms with E-state index in [4.69, 9.17) is 4.52 Å². The quantitative estimate of drug-likeness (QED) is 0.920. The van der Waals surface area contributed by atoms with Gasteiger partial charge in [0.25, 0.3) is 0 Å². The lowest BCUT2D eigenvalue weighted by Crippen LogP contribution is -2.23. The third kappa shape index (κ3) is 3.47. The van der Waals surface area contributed by atoms with E-state index in [9.17, 15) is 0 Å². The van der Waals surface area contributed by atoms with Crippen LogP contribution in [0, 0.1) is 26.7 Å². The van der Waals surface area contributed by atoms with Gasteiger partial charge < -0.3 is 9.84 Å². The number of aromatic nitrogens is 2. The van der Waals surface area contributed by atoms with E-state index in [2.05, 4.69) is 33.3 Å². The van der Waals surface area contributed by atoms with Gasteiger partial charge in [-0.2, -0.15) is 0 Å². The van der Waals surface area contributed by atoms with Gasteiger partial charge in [0.15, 0.2) is 0 Å². The largest absolute Gasteiger partial charge is 0.370 e. The molecule has 1 aliphatic heterocycles. The Hall–Kier alpha value is -1.88. The van der Waals surface area contributed by atoms with E-state index in [1.807, 2.05) is 26.1 Å². The zero-order chi connectivity index (χ0) is 15.5. The summed E-state index contributed by atoms with van der Waals surface area (Å²) in [6, 6.07) is 4.11. The number of aryl methyl sites for hydroxylation is 3. The molecule has 1 saturated heterocycles. The molecule has 5 nitrogen and oxygen atoms in total. The van der Waals surface area contributed by atoms with Crippen molar-refractivity contribution in [1.29, 1.82) is 0 Å². The van der Waals surface area contributed by atoms with E-state index >= 15 is 0 Å². The van der Waals surface area contributed by atoms with Gasteiger partial charge in [-0.15, -0.1) is 0 Å². The number of hydrogen-bond donors (Lipinski definition) is 1. The first-order valence-corrected chi connectivity index (χ1v) is 7.92. The van der Waals surface area contributed by atoms with Crippen molar-refractivity contribution < 1.29 is 4.52 Å². The van der Waals surface area contributed by atoms with Crippen molar-refractivity contribution in [1.82, 2.24) is 15.0 Å². The molecule has 5 heteroatoms. The Balaban J connectivity index is 1.50. The predicted molar refractivity (Wildman–Crippen MR) is 86.8 cm³/mol. The van der Waals surface area contributed by atoms with Crippen molar-refractivity contribution in [2.75, 3.05) is 25.0 Å². The third-order valence-corrected chi connectivity index (χ3v) is 4.42. The summed E-state index contributed by atoms with van der Waals surface area (Å²) in [6.07, 6.45) is 3.08. The van der Waals surface area contributed by atoms with E-state index in [1.54, 1.807) is 0 Å². The summed E-state index contributed by atoms with van der Waals surface area (Å²) in [4.78, 5) is 6.85. The first-order valence-electron chi connectivity index (χ1n) is 7.92. The Morgan fingerprint density at radius 1 is 1.36 bits per heavy atom. The first kappa shape index (κ1) is 15.0. The Morgan fingerprint density at radius 2 is 2.23 bits per heavy atom. The van der Waals surface area contributed by atoms with Crippen LogP contribution in [0.2, 0.25) is 0 Å². The molecule has 1 unspecified atom stereocenters. The van der Waals surface area contributed by atoms with Crippen LogP contribution in [0.4, 0.5) is 5.82 Å². The summed E-state index contributed by atoms with van der Waals surface area (Å²) in [5, 5.41) is 7.50. The first-order chi connectivity index (χ1) is 10.6. The standard InChI is InChI=1S/C17H24N4O/c1-12-4-6-18-17(8-12)19-9-15-5-7-21(10-15)11-16-13(2)20-22-14(16)3/h4,6,8,15H,5,7,9-11H2,1-3H3,(H,18,19). The number of pyridine rings is 1. The maximum absolute atomic E-state index is 5.25. The second-order valence-electron chi connectivity index (χ2n) is 6.29. The van der Waals surface area contributed by atoms with Crippen LogP contribution in [0.25, 0.3) is 0 Å². The SMILES string of the molecule is Cc1ccnc(NCC2CCN(Cc3c(C)noc3C)C2)c1. The second-order valence-corrected chi connectivity index (χ2v) is 6.29. The van der Waals surface area contributed by atoms with Crippen LogP contribution in [0.3, 0.4) is 0 Å². The highest BCUT2D eigenvalue weighted by Gasteiger charge is 2.24. The lowest BCUT2D eigenvalue weighted by Gasteiger charge is -2.16. The van der Waals surface area contributed by atoms with Crippen LogP contribution in [0.1, 0.15) is 29.0 Å². The van der Waals surface area contributed by atoms with Crippen LogP contribution in [-0.2, 0) is 6.54 Å². The molecule has 2 aromatic rings. The molecule has 1 N–H and O–H groups in total. The maximum Gasteiger partial charge on any atom is 0.138 e. The van der Waals surface area contributed by atoms with Gasteiger partial charge in [-0.1, -0.05) is 5.16 Å². The highest BCUT2D eigenvalue weighted by molar-refractivity contribution is 5.36. The minimum absolute atomic E-state index is 0.669. The van der Waals surface area contributed by atoms with Crippen LogP contribution < -0.4 is 5.32 Å².